The molecule has 164 valence electrons. The largest absolute Gasteiger partial charge is 0.481 e. The average molecular weight is 447 g/mol. The van der Waals surface area contributed by atoms with Crippen molar-refractivity contribution >= 4 is 46.8 Å². The Kier molecular flexibility index (Phi) is 13.4. The molecular weight excluding hydrogens is 422 g/mol. The monoisotopic (exact) mass is 447 g/mol. The van der Waals surface area contributed by atoms with Gasteiger partial charge in [0.15, 0.2) is 0 Å². The number of hydrogen-bond acceptors (Lipinski definition) is 8. The number of amides is 2. The SMILES string of the molecule is CC(C)N(CC(=O)O)C(=O)[C@H](CS)NC(=O)[C@@H](N)CCC(=O)O.O=S(=O)(O)O. The molecule has 0 aliphatic carbocycles. The third-order valence-electron chi connectivity index (χ3n) is 3.02. The summed E-state index contributed by atoms with van der Waals surface area (Å²) in [7, 11) is -4.67. The lowest BCUT2D eigenvalue weighted by atomic mass is 10.1. The van der Waals surface area contributed by atoms with E-state index < -0.39 is 52.8 Å². The molecule has 7 N–H and O–H groups in total. The molecular formula is C13H25N3O10S2. The maximum absolute atomic E-state index is 12.3. The molecule has 0 saturated carbocycles. The van der Waals surface area contributed by atoms with Gasteiger partial charge in [0, 0.05) is 18.2 Å². The number of nitrogens with two attached hydrogens (primary N) is 1. The van der Waals surface area contributed by atoms with Crippen molar-refractivity contribution in [3.63, 3.8) is 0 Å². The van der Waals surface area contributed by atoms with E-state index in [0.29, 0.717) is 0 Å². The zero-order valence-corrected chi connectivity index (χ0v) is 16.9. The number of carbonyl (C=O) groups excluding carboxylic acids is 2. The Morgan fingerprint density at radius 1 is 1.11 bits per heavy atom. The molecule has 0 fully saturated rings. The number of hydrogen-bond donors (Lipinski definition) is 7. The van der Waals surface area contributed by atoms with Crippen LogP contribution in [0.4, 0.5) is 0 Å². The molecule has 0 bridgehead atoms. The Morgan fingerprint density at radius 2 is 1.57 bits per heavy atom. The molecule has 0 rings (SSSR count). The van der Waals surface area contributed by atoms with Crippen LogP contribution in [-0.4, -0.2) is 86.8 Å². The second-order valence-corrected chi connectivity index (χ2v) is 6.94. The molecule has 2 amide bonds. The first-order chi connectivity index (χ1) is 12.6. The second-order valence-electron chi connectivity index (χ2n) is 5.68. The molecule has 15 heteroatoms. The Hall–Kier alpha value is -1.94. The van der Waals surface area contributed by atoms with Crippen molar-refractivity contribution in [3.8, 4) is 0 Å². The number of nitrogens with zero attached hydrogens (tertiary/aromatic N) is 1. The van der Waals surface area contributed by atoms with Crippen LogP contribution in [0, 0.1) is 0 Å². The molecule has 0 saturated heterocycles. The summed E-state index contributed by atoms with van der Waals surface area (Å²) in [6.07, 6.45) is -0.344. The number of carboxylic acids is 2. The van der Waals surface area contributed by atoms with Gasteiger partial charge in [-0.1, -0.05) is 0 Å². The lowest BCUT2D eigenvalue weighted by Gasteiger charge is -2.29. The first-order valence-electron chi connectivity index (χ1n) is 7.70. The smallest absolute Gasteiger partial charge is 0.394 e. The quantitative estimate of drug-likeness (QED) is 0.147. The third-order valence-corrected chi connectivity index (χ3v) is 3.38. The number of aliphatic carboxylic acids is 2. The molecule has 0 aromatic rings. The maximum Gasteiger partial charge on any atom is 0.394 e. The van der Waals surface area contributed by atoms with Crippen molar-refractivity contribution in [3.05, 3.63) is 0 Å². The minimum atomic E-state index is -4.67. The highest BCUT2D eigenvalue weighted by Crippen LogP contribution is 2.05. The second kappa shape index (κ2) is 13.3. The first-order valence-corrected chi connectivity index (χ1v) is 9.73. The number of thiol groups is 1. The van der Waals surface area contributed by atoms with Crippen LogP contribution in [0.25, 0.3) is 0 Å². The van der Waals surface area contributed by atoms with Gasteiger partial charge < -0.3 is 26.2 Å². The van der Waals surface area contributed by atoms with E-state index in [-0.39, 0.29) is 24.6 Å². The van der Waals surface area contributed by atoms with Crippen molar-refractivity contribution in [1.29, 1.82) is 0 Å². The maximum atomic E-state index is 12.3. The molecule has 0 unspecified atom stereocenters. The van der Waals surface area contributed by atoms with Gasteiger partial charge in [-0.2, -0.15) is 21.0 Å². The molecule has 0 spiro atoms. The Morgan fingerprint density at radius 3 is 1.89 bits per heavy atom. The number of carboxylic acid groups (broad SMARTS) is 2. The lowest BCUT2D eigenvalue weighted by molar-refractivity contribution is -0.147. The fourth-order valence-corrected chi connectivity index (χ4v) is 1.98. The van der Waals surface area contributed by atoms with E-state index in [2.05, 4.69) is 17.9 Å². The summed E-state index contributed by atoms with van der Waals surface area (Å²) in [6, 6.07) is -2.49. The van der Waals surface area contributed by atoms with Crippen molar-refractivity contribution in [2.45, 2.75) is 44.8 Å². The van der Waals surface area contributed by atoms with Crippen molar-refractivity contribution < 1.29 is 46.9 Å². The summed E-state index contributed by atoms with van der Waals surface area (Å²) in [6.45, 7) is 2.80. The summed E-state index contributed by atoms with van der Waals surface area (Å²) in [4.78, 5) is 46.6. The first kappa shape index (κ1) is 28.3. The van der Waals surface area contributed by atoms with E-state index >= 15 is 0 Å². The van der Waals surface area contributed by atoms with E-state index in [1.165, 1.54) is 0 Å². The standard InChI is InChI=1S/C13H23N3O6S.H2O4S/c1-7(2)16(5-11(19)20)13(22)9(6-23)15-12(21)8(14)3-4-10(17)18;1-5(2,3)4/h7-9,23H,3-6,14H2,1-2H3,(H,15,21)(H,17,18)(H,19,20);(H2,1,2,3,4)/t8-,9-;/m0./s1. The van der Waals surface area contributed by atoms with Crippen molar-refractivity contribution in [1.82, 2.24) is 10.2 Å². The van der Waals surface area contributed by atoms with Gasteiger partial charge in [-0.05, 0) is 20.3 Å². The van der Waals surface area contributed by atoms with Crippen LogP contribution in [-0.2, 0) is 29.6 Å². The average Bonchev–Trinajstić information content (AvgIpc) is 2.52. The van der Waals surface area contributed by atoms with Gasteiger partial charge in [0.1, 0.15) is 12.6 Å². The van der Waals surface area contributed by atoms with E-state index in [9.17, 15) is 19.2 Å². The van der Waals surface area contributed by atoms with Crippen LogP contribution in [0.15, 0.2) is 0 Å². The van der Waals surface area contributed by atoms with Crippen molar-refractivity contribution in [2.75, 3.05) is 12.3 Å². The summed E-state index contributed by atoms with van der Waals surface area (Å²) in [5, 5.41) is 19.8. The molecule has 28 heavy (non-hydrogen) atoms. The molecule has 0 radical (unpaired) electrons. The van der Waals surface area contributed by atoms with Crippen molar-refractivity contribution in [2.24, 2.45) is 5.73 Å². The highest BCUT2D eigenvalue weighted by molar-refractivity contribution is 7.80. The Labute approximate surface area is 167 Å². The minimum Gasteiger partial charge on any atom is -0.481 e. The molecule has 0 aliphatic rings. The Bertz CT molecular complexity index is 645. The topological polar surface area (TPSA) is 225 Å². The molecule has 0 aromatic carbocycles. The normalized spacial score (nSPS) is 13.0. The summed E-state index contributed by atoms with van der Waals surface area (Å²) < 4.78 is 31.6. The van der Waals surface area contributed by atoms with Crippen LogP contribution >= 0.6 is 12.6 Å². The van der Waals surface area contributed by atoms with E-state index in [0.717, 1.165) is 4.90 Å². The van der Waals surface area contributed by atoms with Gasteiger partial charge in [-0.15, -0.1) is 0 Å². The van der Waals surface area contributed by atoms with Gasteiger partial charge >= 0.3 is 22.3 Å². The summed E-state index contributed by atoms with van der Waals surface area (Å²) >= 11 is 3.99. The molecule has 0 heterocycles. The van der Waals surface area contributed by atoms with E-state index in [1.54, 1.807) is 13.8 Å². The zero-order chi connectivity index (χ0) is 22.7. The number of carbonyl (C=O) groups is 4. The zero-order valence-electron chi connectivity index (χ0n) is 15.2. The predicted octanol–water partition coefficient (Wildman–Crippen LogP) is -1.74. The lowest BCUT2D eigenvalue weighted by Crippen LogP contribution is -2.55. The molecule has 2 atom stereocenters. The highest BCUT2D eigenvalue weighted by Gasteiger charge is 2.29. The van der Waals surface area contributed by atoms with Gasteiger partial charge in [-0.25, -0.2) is 0 Å². The minimum absolute atomic E-state index is 0.0426. The number of rotatable bonds is 10. The van der Waals surface area contributed by atoms with Crippen LogP contribution in [0.3, 0.4) is 0 Å². The van der Waals surface area contributed by atoms with Crippen LogP contribution in [0.5, 0.6) is 0 Å². The predicted molar refractivity (Wildman–Crippen MR) is 99.3 cm³/mol. The van der Waals surface area contributed by atoms with Crippen LogP contribution in [0.1, 0.15) is 26.7 Å². The van der Waals surface area contributed by atoms with Gasteiger partial charge in [0.05, 0.1) is 6.04 Å². The van der Waals surface area contributed by atoms with Gasteiger partial charge in [0.25, 0.3) is 0 Å². The fraction of sp³-hybridized carbons (Fsp3) is 0.692. The Balaban J connectivity index is 0. The van der Waals surface area contributed by atoms with Crippen LogP contribution in [0.2, 0.25) is 0 Å². The van der Waals surface area contributed by atoms with Gasteiger partial charge in [-0.3, -0.25) is 28.3 Å². The molecule has 0 aliphatic heterocycles. The highest BCUT2D eigenvalue weighted by atomic mass is 32.3. The molecule has 13 nitrogen and oxygen atoms in total. The van der Waals surface area contributed by atoms with Gasteiger partial charge in [0.2, 0.25) is 11.8 Å². The van der Waals surface area contributed by atoms with E-state index in [1.807, 2.05) is 0 Å². The third kappa shape index (κ3) is 15.2. The summed E-state index contributed by atoms with van der Waals surface area (Å²) in [5.41, 5.74) is 5.57. The molecule has 0 aromatic heterocycles. The number of nitrogens with one attached hydrogen (secondary N) is 1. The van der Waals surface area contributed by atoms with E-state index in [4.69, 9.17) is 33.5 Å². The summed E-state index contributed by atoms with van der Waals surface area (Å²) in [5.74, 6) is -3.56. The van der Waals surface area contributed by atoms with Crippen LogP contribution < -0.4 is 11.1 Å². The fourth-order valence-electron chi connectivity index (χ4n) is 1.74.